The van der Waals surface area contributed by atoms with Crippen molar-refractivity contribution in [2.24, 2.45) is 11.1 Å². The second kappa shape index (κ2) is 11.3. The van der Waals surface area contributed by atoms with Crippen LogP contribution in [0.5, 0.6) is 0 Å². The van der Waals surface area contributed by atoms with E-state index >= 15 is 0 Å². The van der Waals surface area contributed by atoms with Gasteiger partial charge >= 0.3 is 6.03 Å². The number of amides is 5. The van der Waals surface area contributed by atoms with Crippen LogP contribution in [0.2, 0.25) is 0 Å². The lowest BCUT2D eigenvalue weighted by atomic mass is 9.67. The molecule has 0 aromatic heterocycles. The van der Waals surface area contributed by atoms with Gasteiger partial charge in [0.2, 0.25) is 17.7 Å². The molecule has 0 radical (unpaired) electrons. The predicted molar refractivity (Wildman–Crippen MR) is 115 cm³/mol. The van der Waals surface area contributed by atoms with Gasteiger partial charge in [-0.25, -0.2) is 4.79 Å². The molecule has 1 fully saturated rings. The van der Waals surface area contributed by atoms with Crippen molar-refractivity contribution in [1.29, 1.82) is 0 Å². The van der Waals surface area contributed by atoms with Crippen LogP contribution in [0.3, 0.4) is 0 Å². The van der Waals surface area contributed by atoms with Crippen molar-refractivity contribution in [2.75, 3.05) is 18.4 Å². The predicted octanol–water partition coefficient (Wildman–Crippen LogP) is 0.357. The first kappa shape index (κ1) is 24.1. The molecule has 10 nitrogen and oxygen atoms in total. The van der Waals surface area contributed by atoms with Gasteiger partial charge in [0.1, 0.15) is 11.5 Å². The molecule has 1 aromatic carbocycles. The minimum Gasteiger partial charge on any atom is -0.392 e. The molecule has 1 aliphatic carbocycles. The Bertz CT molecular complexity index is 792. The molecule has 1 aromatic rings. The number of urea groups is 1. The molecule has 31 heavy (non-hydrogen) atoms. The van der Waals surface area contributed by atoms with Gasteiger partial charge in [0.05, 0.1) is 6.61 Å². The first-order valence-electron chi connectivity index (χ1n) is 10.5. The molecule has 0 saturated heterocycles. The molecule has 0 aliphatic heterocycles. The first-order chi connectivity index (χ1) is 14.8. The molecule has 5 amide bonds. The van der Waals surface area contributed by atoms with Gasteiger partial charge < -0.3 is 32.1 Å². The van der Waals surface area contributed by atoms with Crippen LogP contribution < -0.4 is 27.0 Å². The average molecular weight is 434 g/mol. The monoisotopic (exact) mass is 433 g/mol. The molecular formula is C21H31N5O5. The van der Waals surface area contributed by atoms with Crippen LogP contribution in [0.1, 0.15) is 44.6 Å². The summed E-state index contributed by atoms with van der Waals surface area (Å²) in [5.74, 6) is -1.23. The lowest BCUT2D eigenvalue weighted by Crippen LogP contribution is -2.58. The Labute approximate surface area is 181 Å². The Morgan fingerprint density at radius 1 is 1.10 bits per heavy atom. The fourth-order valence-electron chi connectivity index (χ4n) is 3.42. The molecule has 0 unspecified atom stereocenters. The molecule has 2 rings (SSSR count). The van der Waals surface area contributed by atoms with E-state index in [-0.39, 0.29) is 25.5 Å². The van der Waals surface area contributed by atoms with Gasteiger partial charge in [-0.15, -0.1) is 0 Å². The number of anilines is 1. The van der Waals surface area contributed by atoms with E-state index in [1.807, 2.05) is 0 Å². The zero-order valence-electron chi connectivity index (χ0n) is 17.7. The van der Waals surface area contributed by atoms with E-state index in [9.17, 15) is 19.2 Å². The van der Waals surface area contributed by atoms with Crippen molar-refractivity contribution in [2.45, 2.75) is 51.7 Å². The van der Waals surface area contributed by atoms with E-state index in [4.69, 9.17) is 10.8 Å². The highest BCUT2D eigenvalue weighted by molar-refractivity contribution is 6.07. The summed E-state index contributed by atoms with van der Waals surface area (Å²) in [4.78, 5) is 49.2. The van der Waals surface area contributed by atoms with Crippen molar-refractivity contribution in [3.63, 3.8) is 0 Å². The van der Waals surface area contributed by atoms with Gasteiger partial charge in [-0.05, 0) is 50.3 Å². The Morgan fingerprint density at radius 3 is 2.29 bits per heavy atom. The van der Waals surface area contributed by atoms with Crippen LogP contribution in [0, 0.1) is 5.41 Å². The Kier molecular flexibility index (Phi) is 8.80. The van der Waals surface area contributed by atoms with Gasteiger partial charge in [-0.1, -0.05) is 18.6 Å². The van der Waals surface area contributed by atoms with Crippen LogP contribution in [0.25, 0.3) is 0 Å². The number of nitrogens with one attached hydrogen (secondary N) is 4. The second-order valence-electron chi connectivity index (χ2n) is 7.60. The van der Waals surface area contributed by atoms with Gasteiger partial charge in [0, 0.05) is 18.8 Å². The molecule has 1 saturated carbocycles. The summed E-state index contributed by atoms with van der Waals surface area (Å²) >= 11 is 0. The number of benzene rings is 1. The maximum absolute atomic E-state index is 13.0. The molecule has 0 bridgehead atoms. The number of aliphatic hydroxyl groups is 1. The van der Waals surface area contributed by atoms with Gasteiger partial charge in [-0.2, -0.15) is 0 Å². The van der Waals surface area contributed by atoms with Crippen molar-refractivity contribution < 1.29 is 24.3 Å². The number of aliphatic hydroxyl groups excluding tert-OH is 1. The van der Waals surface area contributed by atoms with E-state index in [0.29, 0.717) is 37.1 Å². The van der Waals surface area contributed by atoms with Crippen LogP contribution in [0.4, 0.5) is 10.5 Å². The zero-order valence-corrected chi connectivity index (χ0v) is 17.7. The number of nitrogens with two attached hydrogens (primary N) is 1. The molecule has 1 atom stereocenters. The second-order valence-corrected chi connectivity index (χ2v) is 7.60. The molecule has 170 valence electrons. The van der Waals surface area contributed by atoms with Crippen molar-refractivity contribution >= 4 is 29.4 Å². The lowest BCUT2D eigenvalue weighted by molar-refractivity contribution is -0.150. The Morgan fingerprint density at radius 2 is 1.77 bits per heavy atom. The van der Waals surface area contributed by atoms with E-state index < -0.39 is 29.3 Å². The van der Waals surface area contributed by atoms with Gasteiger partial charge in [0.15, 0.2) is 0 Å². The first-order valence-corrected chi connectivity index (χ1v) is 10.5. The average Bonchev–Trinajstić information content (AvgIpc) is 2.70. The topological polar surface area (TPSA) is 163 Å². The summed E-state index contributed by atoms with van der Waals surface area (Å²) in [5.41, 5.74) is 5.12. The maximum Gasteiger partial charge on any atom is 0.312 e. The quantitative estimate of drug-likeness (QED) is 0.219. The lowest BCUT2D eigenvalue weighted by Gasteiger charge is -2.39. The van der Waals surface area contributed by atoms with Gasteiger partial charge in [0.25, 0.3) is 0 Å². The summed E-state index contributed by atoms with van der Waals surface area (Å²) in [5, 5.41) is 19.8. The fraction of sp³-hybridized carbons (Fsp3) is 0.524. The number of rotatable bonds is 11. The van der Waals surface area contributed by atoms with E-state index in [1.165, 1.54) is 0 Å². The number of hydrogen-bond acceptors (Lipinski definition) is 5. The smallest absolute Gasteiger partial charge is 0.312 e. The highest BCUT2D eigenvalue weighted by Crippen LogP contribution is 2.41. The number of carbonyl (C=O) groups is 4. The highest BCUT2D eigenvalue weighted by Gasteiger charge is 2.51. The molecule has 1 aliphatic rings. The summed E-state index contributed by atoms with van der Waals surface area (Å²) < 4.78 is 0. The van der Waals surface area contributed by atoms with Crippen LogP contribution in [-0.2, 0) is 21.0 Å². The third-order valence-electron chi connectivity index (χ3n) is 5.41. The summed E-state index contributed by atoms with van der Waals surface area (Å²) in [7, 11) is 0. The third-order valence-corrected chi connectivity index (χ3v) is 5.41. The number of primary amides is 1. The number of carbonyl (C=O) groups excluding carboxylic acids is 4. The standard InChI is InChI=1S/C21H31N5O5/c1-2-23-18(29)21(10-4-11-21)19(30)26-16(5-3-12-24-20(22)31)17(28)25-15-8-6-14(13-27)7-9-15/h6-9,16,27H,2-5,10-13H2,1H3,(H,23,29)(H,25,28)(H,26,30)(H3,22,24,31)/t16-/m0/s1. The molecule has 0 heterocycles. The minimum atomic E-state index is -1.15. The van der Waals surface area contributed by atoms with Crippen LogP contribution in [-0.4, -0.2) is 48.0 Å². The van der Waals surface area contributed by atoms with Crippen LogP contribution in [0.15, 0.2) is 24.3 Å². The number of hydrogen-bond donors (Lipinski definition) is 6. The minimum absolute atomic E-state index is 0.109. The van der Waals surface area contributed by atoms with Crippen molar-refractivity contribution in [1.82, 2.24) is 16.0 Å². The van der Waals surface area contributed by atoms with Crippen molar-refractivity contribution in [3.05, 3.63) is 29.8 Å². The van der Waals surface area contributed by atoms with Gasteiger partial charge in [-0.3, -0.25) is 14.4 Å². The molecular weight excluding hydrogens is 402 g/mol. The van der Waals surface area contributed by atoms with E-state index in [2.05, 4.69) is 21.3 Å². The third kappa shape index (κ3) is 6.42. The molecule has 0 spiro atoms. The molecule has 10 heteroatoms. The largest absolute Gasteiger partial charge is 0.392 e. The van der Waals surface area contributed by atoms with Crippen molar-refractivity contribution in [3.8, 4) is 0 Å². The molecule has 7 N–H and O–H groups in total. The fourth-order valence-corrected chi connectivity index (χ4v) is 3.42. The Balaban J connectivity index is 2.08. The van der Waals surface area contributed by atoms with E-state index in [0.717, 1.165) is 6.42 Å². The van der Waals surface area contributed by atoms with E-state index in [1.54, 1.807) is 31.2 Å². The zero-order chi connectivity index (χ0) is 22.9. The summed E-state index contributed by atoms with van der Waals surface area (Å²) in [6.45, 7) is 2.34. The SMILES string of the molecule is CCNC(=O)C1(C(=O)N[C@@H](CCCNC(N)=O)C(=O)Nc2ccc(CO)cc2)CCC1. The summed E-state index contributed by atoms with van der Waals surface area (Å²) in [6, 6.07) is 5.10. The highest BCUT2D eigenvalue weighted by atomic mass is 16.3. The maximum atomic E-state index is 13.0. The van der Waals surface area contributed by atoms with Crippen LogP contribution >= 0.6 is 0 Å². The summed E-state index contributed by atoms with van der Waals surface area (Å²) in [6.07, 6.45) is 2.29. The Hall–Kier alpha value is -3.14. The normalized spacial score (nSPS) is 15.2.